The molecule has 0 spiro atoms. The van der Waals surface area contributed by atoms with Gasteiger partial charge >= 0.3 is 5.97 Å². The molecule has 3 rings (SSSR count). The van der Waals surface area contributed by atoms with Gasteiger partial charge in [0.05, 0.1) is 32.0 Å². The van der Waals surface area contributed by atoms with Crippen LogP contribution in [0, 0.1) is 0 Å². The summed E-state index contributed by atoms with van der Waals surface area (Å²) in [6, 6.07) is -3.14. The minimum Gasteiger partial charge on any atom is -0.477 e. The molecule has 0 saturated carbocycles. The van der Waals surface area contributed by atoms with Crippen molar-refractivity contribution in [3.63, 3.8) is 0 Å². The Hall–Kier alpha value is -2.19. The highest BCUT2D eigenvalue weighted by atomic mass is 16.8. The van der Waals surface area contributed by atoms with Crippen LogP contribution in [-0.4, -0.2) is 191 Å². The molecule has 46 heavy (non-hydrogen) atoms. The van der Waals surface area contributed by atoms with E-state index in [1.165, 1.54) is 0 Å². The van der Waals surface area contributed by atoms with Crippen molar-refractivity contribution < 1.29 is 94.2 Å². The molecular formula is C25H42N2O19. The van der Waals surface area contributed by atoms with E-state index >= 15 is 0 Å². The average Bonchev–Trinajstić information content (AvgIpc) is 2.99. The van der Waals surface area contributed by atoms with Gasteiger partial charge in [0.25, 0.3) is 5.79 Å². The normalized spacial score (nSPS) is 42.9. The number of carboxylic acids is 1. The van der Waals surface area contributed by atoms with Gasteiger partial charge in [-0.25, -0.2) is 4.79 Å². The van der Waals surface area contributed by atoms with E-state index in [1.54, 1.807) is 0 Å². The second-order valence-corrected chi connectivity index (χ2v) is 11.2. The number of aliphatic carboxylic acids is 1. The monoisotopic (exact) mass is 674 g/mol. The van der Waals surface area contributed by atoms with Crippen molar-refractivity contribution in [2.24, 2.45) is 0 Å². The average molecular weight is 675 g/mol. The van der Waals surface area contributed by atoms with Crippen LogP contribution in [0.4, 0.5) is 0 Å². The molecule has 0 aliphatic carbocycles. The Morgan fingerprint density at radius 1 is 0.848 bits per heavy atom. The lowest BCUT2D eigenvalue weighted by Crippen LogP contribution is -2.71. The molecule has 3 fully saturated rings. The molecule has 21 nitrogen and oxygen atoms in total. The van der Waals surface area contributed by atoms with E-state index in [9.17, 15) is 70.6 Å². The number of nitrogens with one attached hydrogen (secondary N) is 2. The van der Waals surface area contributed by atoms with Crippen LogP contribution in [0.15, 0.2) is 0 Å². The standard InChI is InChI=1S/C25H42N2O19/c1-7(31)26-13-9(33)3-25(24(40)41,45-20(13)15(35)10(34)4-28)46-21-18(38)22(39)42-12(6-30)19(21)44-23-14(27-8(2)32)17(37)16(36)11(5-29)43-23/h9-23,28-30,33-39H,3-6H2,1-2H3,(H,26,31)(H,27,32)(H,40,41)/t9-,10+,11+,12+,13+,14+,15+,16-,17+,18+,19-,20+,21+,22-,23-,25-/m0/s1. The Labute approximate surface area is 260 Å². The Morgan fingerprint density at radius 2 is 1.43 bits per heavy atom. The largest absolute Gasteiger partial charge is 0.477 e. The summed E-state index contributed by atoms with van der Waals surface area (Å²) in [6.45, 7) is -0.822. The van der Waals surface area contributed by atoms with E-state index in [-0.39, 0.29) is 0 Å². The number of carbonyl (C=O) groups is 3. The molecule has 0 aromatic heterocycles. The Kier molecular flexibility index (Phi) is 13.1. The molecule has 0 radical (unpaired) electrons. The van der Waals surface area contributed by atoms with Crippen LogP contribution in [0.5, 0.6) is 0 Å². The molecule has 2 amide bonds. The first-order chi connectivity index (χ1) is 21.5. The topological polar surface area (TPSA) is 344 Å². The number of hydrogen-bond acceptors (Lipinski definition) is 18. The number of carbonyl (C=O) groups excluding carboxylic acids is 2. The predicted octanol–water partition coefficient (Wildman–Crippen LogP) is -8.08. The van der Waals surface area contributed by atoms with Crippen molar-refractivity contribution in [2.75, 3.05) is 19.8 Å². The third-order valence-electron chi connectivity index (χ3n) is 7.87. The van der Waals surface area contributed by atoms with E-state index in [0.29, 0.717) is 0 Å². The zero-order chi connectivity index (χ0) is 34.7. The molecule has 21 heteroatoms. The lowest BCUT2D eigenvalue weighted by Gasteiger charge is -2.51. The maximum absolute atomic E-state index is 12.7. The molecule has 0 aromatic rings. The molecule has 16 atom stereocenters. The van der Waals surface area contributed by atoms with Crippen molar-refractivity contribution in [1.82, 2.24) is 10.6 Å². The number of amides is 2. The van der Waals surface area contributed by atoms with Crippen LogP contribution in [0.2, 0.25) is 0 Å². The third-order valence-corrected chi connectivity index (χ3v) is 7.87. The van der Waals surface area contributed by atoms with Crippen molar-refractivity contribution >= 4 is 17.8 Å². The fraction of sp³-hybridized carbons (Fsp3) is 0.880. The van der Waals surface area contributed by atoms with Gasteiger partial charge in [0, 0.05) is 20.3 Å². The first kappa shape index (κ1) is 38.3. The predicted molar refractivity (Wildman–Crippen MR) is 142 cm³/mol. The number of aliphatic hydroxyl groups is 10. The van der Waals surface area contributed by atoms with Gasteiger partial charge in [-0.05, 0) is 0 Å². The molecule has 3 aliphatic rings. The van der Waals surface area contributed by atoms with Crippen molar-refractivity contribution in [3.05, 3.63) is 0 Å². The highest BCUT2D eigenvalue weighted by Crippen LogP contribution is 2.38. The van der Waals surface area contributed by atoms with Crippen LogP contribution >= 0.6 is 0 Å². The van der Waals surface area contributed by atoms with E-state index < -0.39 is 142 Å². The second-order valence-electron chi connectivity index (χ2n) is 11.2. The van der Waals surface area contributed by atoms with E-state index in [0.717, 1.165) is 13.8 Å². The summed E-state index contributed by atoms with van der Waals surface area (Å²) in [4.78, 5) is 36.4. The van der Waals surface area contributed by atoms with Crippen LogP contribution in [0.25, 0.3) is 0 Å². The summed E-state index contributed by atoms with van der Waals surface area (Å²) in [5, 5.41) is 118. The molecule has 0 unspecified atom stereocenters. The Bertz CT molecular complexity index is 1050. The lowest BCUT2D eigenvalue weighted by molar-refractivity contribution is -0.385. The summed E-state index contributed by atoms with van der Waals surface area (Å²) in [5.41, 5.74) is 0. The molecule has 266 valence electrons. The molecule has 3 aliphatic heterocycles. The number of hydrogen-bond donors (Lipinski definition) is 13. The Balaban J connectivity index is 2.05. The highest BCUT2D eigenvalue weighted by molar-refractivity contribution is 5.76. The fourth-order valence-electron chi connectivity index (χ4n) is 5.56. The zero-order valence-electron chi connectivity index (χ0n) is 24.7. The smallest absolute Gasteiger partial charge is 0.364 e. The minimum absolute atomic E-state index is 0.740. The molecule has 3 saturated heterocycles. The number of ether oxygens (including phenoxy) is 5. The van der Waals surface area contributed by atoms with Gasteiger partial charge in [0.2, 0.25) is 11.8 Å². The third kappa shape index (κ3) is 8.08. The lowest BCUT2D eigenvalue weighted by atomic mass is 9.88. The van der Waals surface area contributed by atoms with Gasteiger partial charge in [-0.3, -0.25) is 9.59 Å². The van der Waals surface area contributed by atoms with Crippen molar-refractivity contribution in [3.8, 4) is 0 Å². The number of carboxylic acid groups (broad SMARTS) is 1. The van der Waals surface area contributed by atoms with E-state index in [4.69, 9.17) is 23.7 Å². The molecule has 0 aromatic carbocycles. The molecular weight excluding hydrogens is 632 g/mol. The van der Waals surface area contributed by atoms with Gasteiger partial charge in [-0.15, -0.1) is 0 Å². The summed E-state index contributed by atoms with van der Waals surface area (Å²) in [6.07, 6.45) is -25.9. The number of aliphatic hydroxyl groups excluding tert-OH is 10. The molecule has 0 bridgehead atoms. The van der Waals surface area contributed by atoms with E-state index in [1.807, 2.05) is 0 Å². The summed E-state index contributed by atoms with van der Waals surface area (Å²) < 4.78 is 27.8. The quantitative estimate of drug-likeness (QED) is 0.0913. The fourth-order valence-corrected chi connectivity index (χ4v) is 5.56. The summed E-state index contributed by atoms with van der Waals surface area (Å²) in [5.74, 6) is -6.55. The maximum Gasteiger partial charge on any atom is 0.364 e. The highest BCUT2D eigenvalue weighted by Gasteiger charge is 2.60. The maximum atomic E-state index is 12.7. The Morgan fingerprint density at radius 3 is 1.96 bits per heavy atom. The van der Waals surface area contributed by atoms with Crippen LogP contribution in [-0.2, 0) is 38.1 Å². The summed E-state index contributed by atoms with van der Waals surface area (Å²) >= 11 is 0. The van der Waals surface area contributed by atoms with Crippen molar-refractivity contribution in [1.29, 1.82) is 0 Å². The van der Waals surface area contributed by atoms with Gasteiger partial charge < -0.3 is 90.5 Å². The minimum atomic E-state index is -3.06. The van der Waals surface area contributed by atoms with Gasteiger partial charge in [-0.2, -0.15) is 0 Å². The number of rotatable bonds is 12. The van der Waals surface area contributed by atoms with Gasteiger partial charge in [0.1, 0.15) is 67.1 Å². The van der Waals surface area contributed by atoms with E-state index in [2.05, 4.69) is 10.6 Å². The second kappa shape index (κ2) is 15.8. The van der Waals surface area contributed by atoms with Crippen LogP contribution < -0.4 is 10.6 Å². The SMILES string of the molecule is CC(=O)N[C@H]1[C@H](O[C@@H]2[C@H](O[C@]3(C(=O)O)C[C@H](O)[C@@H](NC(C)=O)[C@H]([C@H](O)[C@H](O)CO)O3)[C@@H](O)[C@@H](O)O[C@@H]2CO)O[C@H](CO)[C@H](O)[C@@H]1O. The molecule has 3 heterocycles. The molecule has 13 N–H and O–H groups in total. The first-order valence-electron chi connectivity index (χ1n) is 14.2. The zero-order valence-corrected chi connectivity index (χ0v) is 24.7. The first-order valence-corrected chi connectivity index (χ1v) is 14.2. The van der Waals surface area contributed by atoms with Crippen LogP contribution in [0.3, 0.4) is 0 Å². The van der Waals surface area contributed by atoms with Gasteiger partial charge in [-0.1, -0.05) is 0 Å². The summed E-state index contributed by atoms with van der Waals surface area (Å²) in [7, 11) is 0. The van der Waals surface area contributed by atoms with Gasteiger partial charge in [0.15, 0.2) is 12.6 Å². The van der Waals surface area contributed by atoms with Crippen LogP contribution in [0.1, 0.15) is 20.3 Å². The van der Waals surface area contributed by atoms with Crippen molar-refractivity contribution in [2.45, 2.75) is 118 Å².